The molecule has 0 radical (unpaired) electrons. The lowest BCUT2D eigenvalue weighted by atomic mass is 9.99. The molecule has 104 valence electrons. The quantitative estimate of drug-likeness (QED) is 0.890. The Labute approximate surface area is 126 Å². The van der Waals surface area contributed by atoms with Crippen LogP contribution in [0.25, 0.3) is 0 Å². The molecule has 0 saturated heterocycles. The van der Waals surface area contributed by atoms with Gasteiger partial charge in [-0.25, -0.2) is 4.79 Å². The number of carbonyl (C=O) groups is 1. The van der Waals surface area contributed by atoms with Crippen LogP contribution in [0.2, 0.25) is 10.0 Å². The number of rotatable bonds is 4. The minimum absolute atomic E-state index is 0.0578. The number of aromatic carboxylic acids is 1. The molecule has 5 heteroatoms. The molecule has 0 amide bonds. The maximum atomic E-state index is 11.2. The molecule has 0 atom stereocenters. The number of hydrogen-bond acceptors (Lipinski definition) is 2. The minimum atomic E-state index is -1.14. The fourth-order valence-corrected chi connectivity index (χ4v) is 2.54. The SMILES string of the molecule is O=C(O)c1c(O)cccc1CCc1ccc(Cl)cc1Cl. The van der Waals surface area contributed by atoms with Crippen molar-refractivity contribution < 1.29 is 15.0 Å². The van der Waals surface area contributed by atoms with Crippen molar-refractivity contribution in [2.24, 2.45) is 0 Å². The summed E-state index contributed by atoms with van der Waals surface area (Å²) < 4.78 is 0. The molecule has 0 saturated carbocycles. The highest BCUT2D eigenvalue weighted by Crippen LogP contribution is 2.25. The van der Waals surface area contributed by atoms with Gasteiger partial charge in [0.15, 0.2) is 0 Å². The molecule has 2 aromatic carbocycles. The third kappa shape index (κ3) is 3.24. The molecule has 0 heterocycles. The molecule has 0 aliphatic rings. The summed E-state index contributed by atoms with van der Waals surface area (Å²) in [5, 5.41) is 19.9. The van der Waals surface area contributed by atoms with Gasteiger partial charge in [-0.15, -0.1) is 0 Å². The van der Waals surface area contributed by atoms with Gasteiger partial charge in [0.05, 0.1) is 0 Å². The molecule has 0 fully saturated rings. The lowest BCUT2D eigenvalue weighted by Gasteiger charge is -2.09. The zero-order chi connectivity index (χ0) is 14.7. The average Bonchev–Trinajstić information content (AvgIpc) is 2.37. The van der Waals surface area contributed by atoms with E-state index in [1.807, 2.05) is 6.07 Å². The van der Waals surface area contributed by atoms with Crippen molar-refractivity contribution in [3.63, 3.8) is 0 Å². The van der Waals surface area contributed by atoms with Crippen molar-refractivity contribution in [2.45, 2.75) is 12.8 Å². The molecular formula is C15H12Cl2O3. The number of aryl methyl sites for hydroxylation is 2. The fourth-order valence-electron chi connectivity index (χ4n) is 2.04. The van der Waals surface area contributed by atoms with Gasteiger partial charge in [0.2, 0.25) is 0 Å². The molecular weight excluding hydrogens is 299 g/mol. The van der Waals surface area contributed by atoms with Crippen molar-refractivity contribution >= 4 is 29.2 Å². The second-order valence-corrected chi connectivity index (χ2v) is 5.20. The van der Waals surface area contributed by atoms with Crippen LogP contribution in [0.3, 0.4) is 0 Å². The molecule has 2 rings (SSSR count). The normalized spacial score (nSPS) is 10.5. The predicted octanol–water partition coefficient (Wildman–Crippen LogP) is 4.18. The van der Waals surface area contributed by atoms with E-state index >= 15 is 0 Å². The van der Waals surface area contributed by atoms with E-state index in [0.717, 1.165) is 5.56 Å². The first-order chi connectivity index (χ1) is 9.49. The van der Waals surface area contributed by atoms with Gasteiger partial charge in [-0.3, -0.25) is 0 Å². The molecule has 2 N–H and O–H groups in total. The highest BCUT2D eigenvalue weighted by atomic mass is 35.5. The first-order valence-corrected chi connectivity index (χ1v) is 6.72. The Kier molecular flexibility index (Phi) is 4.53. The van der Waals surface area contributed by atoms with E-state index in [-0.39, 0.29) is 11.3 Å². The zero-order valence-corrected chi connectivity index (χ0v) is 11.9. The molecule has 0 bridgehead atoms. The summed E-state index contributed by atoms with van der Waals surface area (Å²) in [5.74, 6) is -1.36. The zero-order valence-electron chi connectivity index (χ0n) is 10.4. The molecule has 20 heavy (non-hydrogen) atoms. The maximum absolute atomic E-state index is 11.2. The summed E-state index contributed by atoms with van der Waals surface area (Å²) in [6, 6.07) is 9.88. The number of carboxylic acid groups (broad SMARTS) is 1. The van der Waals surface area contributed by atoms with Crippen LogP contribution in [-0.2, 0) is 12.8 Å². The Bertz CT molecular complexity index is 654. The fraction of sp³-hybridized carbons (Fsp3) is 0.133. The number of hydrogen-bond donors (Lipinski definition) is 2. The lowest BCUT2D eigenvalue weighted by Crippen LogP contribution is -2.04. The summed E-state index contributed by atoms with van der Waals surface area (Å²) in [5.41, 5.74) is 1.40. The van der Waals surface area contributed by atoms with Crippen LogP contribution in [0, 0.1) is 0 Å². The number of carboxylic acids is 1. The summed E-state index contributed by atoms with van der Waals surface area (Å²) in [6.45, 7) is 0. The van der Waals surface area contributed by atoms with Crippen molar-refractivity contribution in [2.75, 3.05) is 0 Å². The first-order valence-electron chi connectivity index (χ1n) is 5.97. The highest BCUT2D eigenvalue weighted by Gasteiger charge is 2.15. The minimum Gasteiger partial charge on any atom is -0.507 e. The van der Waals surface area contributed by atoms with Crippen molar-refractivity contribution in [1.82, 2.24) is 0 Å². The largest absolute Gasteiger partial charge is 0.507 e. The third-order valence-corrected chi connectivity index (χ3v) is 3.61. The monoisotopic (exact) mass is 310 g/mol. The molecule has 0 aliphatic carbocycles. The van der Waals surface area contributed by atoms with Gasteiger partial charge in [0.25, 0.3) is 0 Å². The topological polar surface area (TPSA) is 57.5 Å². The van der Waals surface area contributed by atoms with Crippen LogP contribution in [-0.4, -0.2) is 16.2 Å². The van der Waals surface area contributed by atoms with Gasteiger partial charge < -0.3 is 10.2 Å². The Morgan fingerprint density at radius 2 is 1.75 bits per heavy atom. The highest BCUT2D eigenvalue weighted by molar-refractivity contribution is 6.35. The van der Waals surface area contributed by atoms with E-state index < -0.39 is 5.97 Å². The van der Waals surface area contributed by atoms with E-state index in [4.69, 9.17) is 28.3 Å². The second kappa shape index (κ2) is 6.16. The predicted molar refractivity (Wildman–Crippen MR) is 78.9 cm³/mol. The van der Waals surface area contributed by atoms with E-state index in [1.165, 1.54) is 6.07 Å². The van der Waals surface area contributed by atoms with E-state index in [0.29, 0.717) is 28.5 Å². The third-order valence-electron chi connectivity index (χ3n) is 3.02. The lowest BCUT2D eigenvalue weighted by molar-refractivity contribution is 0.0692. The van der Waals surface area contributed by atoms with Crippen LogP contribution < -0.4 is 0 Å². The van der Waals surface area contributed by atoms with Gasteiger partial charge >= 0.3 is 5.97 Å². The summed E-state index contributed by atoms with van der Waals surface area (Å²) >= 11 is 11.9. The standard InChI is InChI=1S/C15H12Cl2O3/c16-11-7-6-9(12(17)8-11)4-5-10-2-1-3-13(18)14(10)15(19)20/h1-3,6-8,18H,4-5H2,(H,19,20). The van der Waals surface area contributed by atoms with Crippen LogP contribution >= 0.6 is 23.2 Å². The Morgan fingerprint density at radius 3 is 2.40 bits per heavy atom. The smallest absolute Gasteiger partial charge is 0.339 e. The molecule has 0 spiro atoms. The van der Waals surface area contributed by atoms with Gasteiger partial charge in [0.1, 0.15) is 11.3 Å². The summed E-state index contributed by atoms with van der Waals surface area (Å²) in [6.07, 6.45) is 1.04. The van der Waals surface area contributed by atoms with Crippen LogP contribution in [0.1, 0.15) is 21.5 Å². The molecule has 2 aromatic rings. The number of phenols is 1. The van der Waals surface area contributed by atoms with Gasteiger partial charge in [0, 0.05) is 10.0 Å². The number of benzene rings is 2. The Morgan fingerprint density at radius 1 is 1.05 bits per heavy atom. The van der Waals surface area contributed by atoms with E-state index in [1.54, 1.807) is 24.3 Å². The maximum Gasteiger partial charge on any atom is 0.339 e. The van der Waals surface area contributed by atoms with Crippen molar-refractivity contribution in [3.8, 4) is 5.75 Å². The number of halogens is 2. The average molecular weight is 311 g/mol. The number of aromatic hydroxyl groups is 1. The van der Waals surface area contributed by atoms with Crippen LogP contribution in [0.15, 0.2) is 36.4 Å². The van der Waals surface area contributed by atoms with Crippen molar-refractivity contribution in [1.29, 1.82) is 0 Å². The second-order valence-electron chi connectivity index (χ2n) is 4.35. The van der Waals surface area contributed by atoms with Gasteiger partial charge in [-0.2, -0.15) is 0 Å². The summed E-state index contributed by atoms with van der Waals surface area (Å²) in [7, 11) is 0. The Balaban J connectivity index is 2.23. The van der Waals surface area contributed by atoms with E-state index in [2.05, 4.69) is 0 Å². The molecule has 0 aromatic heterocycles. The summed E-state index contributed by atoms with van der Waals surface area (Å²) in [4.78, 5) is 11.2. The van der Waals surface area contributed by atoms with Gasteiger partial charge in [-0.05, 0) is 42.2 Å². The van der Waals surface area contributed by atoms with E-state index in [9.17, 15) is 9.90 Å². The molecule has 0 aliphatic heterocycles. The van der Waals surface area contributed by atoms with Crippen LogP contribution in [0.4, 0.5) is 0 Å². The Hall–Kier alpha value is -1.71. The first kappa shape index (κ1) is 14.7. The molecule has 3 nitrogen and oxygen atoms in total. The van der Waals surface area contributed by atoms with Gasteiger partial charge in [-0.1, -0.05) is 41.4 Å². The molecule has 0 unspecified atom stereocenters. The van der Waals surface area contributed by atoms with Crippen LogP contribution in [0.5, 0.6) is 5.75 Å². The van der Waals surface area contributed by atoms with Crippen molar-refractivity contribution in [3.05, 3.63) is 63.1 Å².